The van der Waals surface area contributed by atoms with Crippen LogP contribution < -0.4 is 15.2 Å². The van der Waals surface area contributed by atoms with Gasteiger partial charge in [-0.3, -0.25) is 4.79 Å². The third-order valence-corrected chi connectivity index (χ3v) is 4.13. The Morgan fingerprint density at radius 2 is 2.10 bits per heavy atom. The third kappa shape index (κ3) is 5.24. The molecule has 3 N–H and O–H groups in total. The number of nitrogens with one attached hydrogen (secondary N) is 1. The molecule has 0 radical (unpaired) electrons. The minimum atomic E-state index is -3.66. The van der Waals surface area contributed by atoms with E-state index in [1.807, 2.05) is 0 Å². The van der Waals surface area contributed by atoms with E-state index in [0.717, 1.165) is 0 Å². The summed E-state index contributed by atoms with van der Waals surface area (Å²) in [6.45, 7) is 2.18. The number of hydrogen-bond acceptors (Lipinski definition) is 6. The molecule has 0 amide bonds. The van der Waals surface area contributed by atoms with Gasteiger partial charge in [0.2, 0.25) is 10.0 Å². The van der Waals surface area contributed by atoms with E-state index in [1.165, 1.54) is 25.3 Å². The first-order chi connectivity index (χ1) is 9.90. The molecule has 0 aliphatic carbocycles. The van der Waals surface area contributed by atoms with Gasteiger partial charge in [-0.25, -0.2) is 13.1 Å². The van der Waals surface area contributed by atoms with Crippen molar-refractivity contribution in [3.8, 4) is 5.75 Å². The molecule has 1 rings (SSSR count). The summed E-state index contributed by atoms with van der Waals surface area (Å²) in [7, 11) is -2.20. The number of carbonyl (C=O) groups excluding carboxylic acids is 1. The Morgan fingerprint density at radius 3 is 2.67 bits per heavy atom. The van der Waals surface area contributed by atoms with Crippen LogP contribution in [0.3, 0.4) is 0 Å². The molecule has 21 heavy (non-hydrogen) atoms. The Labute approximate surface area is 124 Å². The average Bonchev–Trinajstić information content (AvgIpc) is 2.44. The summed E-state index contributed by atoms with van der Waals surface area (Å²) < 4.78 is 36.2. The zero-order valence-corrected chi connectivity index (χ0v) is 12.9. The predicted octanol–water partition coefficient (Wildman–Crippen LogP) is 0.899. The van der Waals surface area contributed by atoms with Crippen molar-refractivity contribution >= 4 is 21.7 Å². The van der Waals surface area contributed by atoms with E-state index in [9.17, 15) is 13.2 Å². The van der Waals surface area contributed by atoms with Gasteiger partial charge in [-0.05, 0) is 31.5 Å². The average molecular weight is 316 g/mol. The molecule has 0 fully saturated rings. The van der Waals surface area contributed by atoms with Crippen molar-refractivity contribution in [2.45, 2.75) is 24.7 Å². The van der Waals surface area contributed by atoms with Crippen LogP contribution in [0.25, 0.3) is 0 Å². The second-order valence-corrected chi connectivity index (χ2v) is 5.98. The largest absolute Gasteiger partial charge is 0.495 e. The number of carbonyl (C=O) groups is 1. The van der Waals surface area contributed by atoms with Gasteiger partial charge in [0.25, 0.3) is 0 Å². The van der Waals surface area contributed by atoms with Crippen LogP contribution in [0.4, 0.5) is 5.69 Å². The molecule has 1 aromatic carbocycles. The lowest BCUT2D eigenvalue weighted by Crippen LogP contribution is -2.25. The molecular formula is C13H20N2O5S. The summed E-state index contributed by atoms with van der Waals surface area (Å²) in [6.07, 6.45) is 0.533. The van der Waals surface area contributed by atoms with Crippen molar-refractivity contribution in [1.82, 2.24) is 4.72 Å². The van der Waals surface area contributed by atoms with Gasteiger partial charge >= 0.3 is 5.97 Å². The highest BCUT2D eigenvalue weighted by molar-refractivity contribution is 7.89. The number of anilines is 1. The Hall–Kier alpha value is -1.80. The molecule has 0 saturated carbocycles. The molecule has 0 saturated heterocycles. The Bertz CT molecular complexity index is 586. The Kier molecular flexibility index (Phi) is 6.44. The molecule has 0 atom stereocenters. The Morgan fingerprint density at radius 1 is 1.38 bits per heavy atom. The lowest BCUT2D eigenvalue weighted by Gasteiger charge is -2.09. The molecule has 118 valence electrons. The number of nitrogens with two attached hydrogens (primary N) is 1. The molecule has 7 nitrogen and oxygen atoms in total. The number of nitrogen functional groups attached to an aromatic ring is 1. The fourth-order valence-corrected chi connectivity index (χ4v) is 2.74. The standard InChI is InChI=1S/C13H20N2O5S/c1-3-20-13(16)5-4-8-15-21(17,18)10-6-7-12(19-2)11(14)9-10/h6-7,9,15H,3-5,8,14H2,1-2H3. The molecule has 0 spiro atoms. The second kappa shape index (κ2) is 7.84. The van der Waals surface area contributed by atoms with Gasteiger partial charge in [-0.1, -0.05) is 0 Å². The molecule has 0 aliphatic rings. The summed E-state index contributed by atoms with van der Waals surface area (Å²) >= 11 is 0. The zero-order chi connectivity index (χ0) is 15.9. The first kappa shape index (κ1) is 17.3. The van der Waals surface area contributed by atoms with Crippen LogP contribution in [0.1, 0.15) is 19.8 Å². The molecular weight excluding hydrogens is 296 g/mol. The van der Waals surface area contributed by atoms with Gasteiger partial charge < -0.3 is 15.2 Å². The number of esters is 1. The van der Waals surface area contributed by atoms with Crippen LogP contribution in [0, 0.1) is 0 Å². The number of sulfonamides is 1. The molecule has 8 heteroatoms. The topological polar surface area (TPSA) is 108 Å². The number of ether oxygens (including phenoxy) is 2. The predicted molar refractivity (Wildman–Crippen MR) is 78.5 cm³/mol. The van der Waals surface area contributed by atoms with E-state index in [-0.39, 0.29) is 29.5 Å². The van der Waals surface area contributed by atoms with Gasteiger partial charge in [0.15, 0.2) is 0 Å². The minimum absolute atomic E-state index is 0.0527. The van der Waals surface area contributed by atoms with E-state index in [2.05, 4.69) is 4.72 Å². The van der Waals surface area contributed by atoms with E-state index < -0.39 is 10.0 Å². The summed E-state index contributed by atoms with van der Waals surface area (Å²) in [4.78, 5) is 11.2. The van der Waals surface area contributed by atoms with Gasteiger partial charge in [0, 0.05) is 13.0 Å². The summed E-state index contributed by atoms with van der Waals surface area (Å²) in [6, 6.07) is 4.22. The summed E-state index contributed by atoms with van der Waals surface area (Å²) in [5.41, 5.74) is 5.92. The number of hydrogen-bond donors (Lipinski definition) is 2. The van der Waals surface area contributed by atoms with Gasteiger partial charge in [-0.15, -0.1) is 0 Å². The maximum Gasteiger partial charge on any atom is 0.305 e. The quantitative estimate of drug-likeness (QED) is 0.419. The molecule has 0 aliphatic heterocycles. The second-order valence-electron chi connectivity index (χ2n) is 4.21. The first-order valence-corrected chi connectivity index (χ1v) is 7.97. The van der Waals surface area contributed by atoms with Gasteiger partial charge in [0.05, 0.1) is 24.3 Å². The third-order valence-electron chi connectivity index (χ3n) is 2.67. The van der Waals surface area contributed by atoms with E-state index in [0.29, 0.717) is 18.8 Å². The molecule has 1 aromatic rings. The lowest BCUT2D eigenvalue weighted by molar-refractivity contribution is -0.143. The molecule has 0 aromatic heterocycles. The smallest absolute Gasteiger partial charge is 0.305 e. The van der Waals surface area contributed by atoms with Crippen LogP contribution >= 0.6 is 0 Å². The van der Waals surface area contributed by atoms with Crippen molar-refractivity contribution < 1.29 is 22.7 Å². The monoisotopic (exact) mass is 316 g/mol. The van der Waals surface area contributed by atoms with Gasteiger partial charge in [0.1, 0.15) is 5.75 Å². The van der Waals surface area contributed by atoms with Gasteiger partial charge in [-0.2, -0.15) is 0 Å². The van der Waals surface area contributed by atoms with Crippen molar-refractivity contribution in [3.63, 3.8) is 0 Å². The highest BCUT2D eigenvalue weighted by Gasteiger charge is 2.15. The fourth-order valence-electron chi connectivity index (χ4n) is 1.64. The van der Waals surface area contributed by atoms with Crippen molar-refractivity contribution in [1.29, 1.82) is 0 Å². The van der Waals surface area contributed by atoms with Crippen LogP contribution in [0.5, 0.6) is 5.75 Å². The van der Waals surface area contributed by atoms with E-state index >= 15 is 0 Å². The highest BCUT2D eigenvalue weighted by atomic mass is 32.2. The maximum atomic E-state index is 12.0. The summed E-state index contributed by atoms with van der Waals surface area (Å²) in [5.74, 6) is 0.0710. The number of methoxy groups -OCH3 is 1. The molecule has 0 heterocycles. The van der Waals surface area contributed by atoms with Crippen molar-refractivity contribution in [2.24, 2.45) is 0 Å². The normalized spacial score (nSPS) is 11.1. The molecule has 0 bridgehead atoms. The molecule has 0 unspecified atom stereocenters. The SMILES string of the molecule is CCOC(=O)CCCNS(=O)(=O)c1ccc(OC)c(N)c1. The Balaban J connectivity index is 2.58. The fraction of sp³-hybridized carbons (Fsp3) is 0.462. The zero-order valence-electron chi connectivity index (χ0n) is 12.1. The number of rotatable bonds is 8. The van der Waals surface area contributed by atoms with Crippen molar-refractivity contribution in [3.05, 3.63) is 18.2 Å². The maximum absolute atomic E-state index is 12.0. The van der Waals surface area contributed by atoms with E-state index in [1.54, 1.807) is 6.92 Å². The van der Waals surface area contributed by atoms with Crippen molar-refractivity contribution in [2.75, 3.05) is 26.0 Å². The lowest BCUT2D eigenvalue weighted by atomic mass is 10.3. The van der Waals surface area contributed by atoms with Crippen LogP contribution in [0.15, 0.2) is 23.1 Å². The minimum Gasteiger partial charge on any atom is -0.495 e. The first-order valence-electron chi connectivity index (χ1n) is 6.49. The number of benzene rings is 1. The highest BCUT2D eigenvalue weighted by Crippen LogP contribution is 2.24. The van der Waals surface area contributed by atoms with E-state index in [4.69, 9.17) is 15.2 Å². The van der Waals surface area contributed by atoms with Crippen LogP contribution in [-0.4, -0.2) is 34.6 Å². The van der Waals surface area contributed by atoms with Crippen LogP contribution in [0.2, 0.25) is 0 Å². The van der Waals surface area contributed by atoms with Crippen LogP contribution in [-0.2, 0) is 19.6 Å². The summed E-state index contributed by atoms with van der Waals surface area (Å²) in [5, 5.41) is 0.